The number of aryl methyl sites for hydroxylation is 1. The predicted octanol–water partition coefficient (Wildman–Crippen LogP) is 5.54. The van der Waals surface area contributed by atoms with Gasteiger partial charge >= 0.3 is 12.1 Å². The molecule has 0 bridgehead atoms. The normalized spacial score (nSPS) is 28.3. The number of cyclic esters (lactones) is 1. The first-order valence-corrected chi connectivity index (χ1v) is 10.4. The van der Waals surface area contributed by atoms with Gasteiger partial charge in [0.25, 0.3) is 0 Å². The summed E-state index contributed by atoms with van der Waals surface area (Å²) in [7, 11) is 0. The van der Waals surface area contributed by atoms with E-state index < -0.39 is 23.9 Å². The molecule has 0 spiro atoms. The number of hydrogen-bond donors (Lipinski definition) is 1. The molecule has 1 aromatic rings. The van der Waals surface area contributed by atoms with Crippen molar-refractivity contribution in [3.8, 4) is 0 Å². The number of carbonyl (C=O) groups excluding carboxylic acids is 1. The lowest BCUT2D eigenvalue weighted by molar-refractivity contribution is -0.149. The topological polar surface area (TPSA) is 46.5 Å². The summed E-state index contributed by atoms with van der Waals surface area (Å²) >= 11 is 0. The maximum atomic E-state index is 13.0. The smallest absolute Gasteiger partial charge is 0.416 e. The molecule has 1 aliphatic carbocycles. The van der Waals surface area contributed by atoms with E-state index in [9.17, 15) is 23.1 Å². The van der Waals surface area contributed by atoms with E-state index >= 15 is 0 Å². The third-order valence-electron chi connectivity index (χ3n) is 5.53. The summed E-state index contributed by atoms with van der Waals surface area (Å²) in [5, 5.41) is 10.2. The van der Waals surface area contributed by atoms with Crippen LogP contribution in [-0.4, -0.2) is 23.3 Å². The van der Waals surface area contributed by atoms with E-state index in [1.54, 1.807) is 12.1 Å². The number of alkyl halides is 3. The van der Waals surface area contributed by atoms with Gasteiger partial charge in [0, 0.05) is 18.8 Å². The summed E-state index contributed by atoms with van der Waals surface area (Å²) in [5.41, 5.74) is 0.768. The monoisotopic (exact) mass is 420 g/mol. The van der Waals surface area contributed by atoms with E-state index in [-0.39, 0.29) is 11.9 Å². The average Bonchev–Trinajstić information content (AvgIpc) is 3.05. The lowest BCUT2D eigenvalue weighted by atomic mass is 9.95. The summed E-state index contributed by atoms with van der Waals surface area (Å²) in [6.07, 6.45) is 8.13. The number of fused-ring (bicyclic) bond motifs is 1. The van der Waals surface area contributed by atoms with Gasteiger partial charge < -0.3 is 9.84 Å². The van der Waals surface area contributed by atoms with E-state index in [1.165, 1.54) is 6.07 Å². The summed E-state index contributed by atoms with van der Waals surface area (Å²) in [5.74, 6) is -0.173. The highest BCUT2D eigenvalue weighted by atomic mass is 19.4. The lowest BCUT2D eigenvalue weighted by Crippen LogP contribution is -2.19. The number of ether oxygens (including phenoxy) is 1. The number of carbonyl (C=O) groups is 1. The quantitative estimate of drug-likeness (QED) is 0.516. The molecule has 0 saturated heterocycles. The third kappa shape index (κ3) is 6.33. The number of aliphatic hydroxyl groups excluding tert-OH is 1. The predicted molar refractivity (Wildman–Crippen MR) is 109 cm³/mol. The Labute approximate surface area is 174 Å². The molecular weight excluding hydrogens is 393 g/mol. The van der Waals surface area contributed by atoms with Gasteiger partial charge in [-0.05, 0) is 49.3 Å². The molecule has 0 radical (unpaired) electrons. The molecule has 0 fully saturated rings. The molecule has 1 N–H and O–H groups in total. The Morgan fingerprint density at radius 2 is 1.97 bits per heavy atom. The summed E-state index contributed by atoms with van der Waals surface area (Å²) in [6.45, 7) is 0. The first-order valence-electron chi connectivity index (χ1n) is 10.4. The number of halogens is 3. The molecular formula is C24H27F3O3. The minimum Gasteiger partial charge on any atom is -0.462 e. The van der Waals surface area contributed by atoms with Crippen molar-refractivity contribution in [3.05, 3.63) is 71.3 Å². The molecule has 162 valence electrons. The second-order valence-electron chi connectivity index (χ2n) is 7.82. The van der Waals surface area contributed by atoms with Crippen LogP contribution in [0.2, 0.25) is 0 Å². The minimum atomic E-state index is -4.38. The first-order chi connectivity index (χ1) is 14.3. The highest BCUT2D eigenvalue weighted by Gasteiger charge is 2.30. The number of allylic oxidation sites excluding steroid dienone is 3. The van der Waals surface area contributed by atoms with Crippen molar-refractivity contribution < 1.29 is 27.8 Å². The zero-order chi connectivity index (χ0) is 21.6. The van der Waals surface area contributed by atoms with Crippen LogP contribution in [0.5, 0.6) is 0 Å². The zero-order valence-electron chi connectivity index (χ0n) is 16.8. The van der Waals surface area contributed by atoms with Crippen LogP contribution < -0.4 is 0 Å². The Hall–Kier alpha value is -2.34. The van der Waals surface area contributed by atoms with Gasteiger partial charge in [0.15, 0.2) is 0 Å². The van der Waals surface area contributed by atoms with Crippen LogP contribution in [0.25, 0.3) is 0 Å². The van der Waals surface area contributed by atoms with Crippen molar-refractivity contribution in [1.29, 1.82) is 0 Å². The number of benzene rings is 1. The van der Waals surface area contributed by atoms with E-state index in [2.05, 4.69) is 6.08 Å². The van der Waals surface area contributed by atoms with Crippen molar-refractivity contribution in [3.63, 3.8) is 0 Å². The molecule has 3 nitrogen and oxygen atoms in total. The Morgan fingerprint density at radius 3 is 2.77 bits per heavy atom. The van der Waals surface area contributed by atoms with E-state index in [0.29, 0.717) is 37.7 Å². The maximum Gasteiger partial charge on any atom is 0.416 e. The molecule has 1 heterocycles. The zero-order valence-corrected chi connectivity index (χ0v) is 16.8. The Morgan fingerprint density at radius 1 is 1.13 bits per heavy atom. The standard InChI is InChI=1S/C24H27F3O3/c25-24(26,27)19-8-5-6-17(16-19)10-12-20-13-14-21-18(11-15-22(21)28)7-3-1-2-4-9-23(29)30-20/h1,3,5-6,8,11,14-16,18,20,22,28H,2,4,7,9-10,12-13H2/b3-1-,21-14+/t18-,20-,22?/m0/s1. The van der Waals surface area contributed by atoms with Crippen LogP contribution in [0.1, 0.15) is 49.7 Å². The Bertz CT molecular complexity index is 823. The van der Waals surface area contributed by atoms with Crippen LogP contribution in [0, 0.1) is 5.92 Å². The van der Waals surface area contributed by atoms with E-state index in [0.717, 1.165) is 30.5 Å². The maximum absolute atomic E-state index is 13.0. The molecule has 0 aromatic heterocycles. The Kier molecular flexibility index (Phi) is 7.53. The molecule has 3 rings (SSSR count). The molecule has 1 unspecified atom stereocenters. The van der Waals surface area contributed by atoms with Crippen LogP contribution in [0.3, 0.4) is 0 Å². The second-order valence-corrected chi connectivity index (χ2v) is 7.82. The number of rotatable bonds is 3. The van der Waals surface area contributed by atoms with Gasteiger partial charge in [-0.25, -0.2) is 0 Å². The lowest BCUT2D eigenvalue weighted by Gasteiger charge is -2.19. The van der Waals surface area contributed by atoms with Crippen molar-refractivity contribution in [2.24, 2.45) is 5.92 Å². The summed E-state index contributed by atoms with van der Waals surface area (Å²) < 4.78 is 44.5. The van der Waals surface area contributed by atoms with Crippen LogP contribution >= 0.6 is 0 Å². The van der Waals surface area contributed by atoms with Crippen molar-refractivity contribution in [2.75, 3.05) is 0 Å². The molecule has 0 saturated carbocycles. The van der Waals surface area contributed by atoms with Gasteiger partial charge in [-0.15, -0.1) is 0 Å². The van der Waals surface area contributed by atoms with Gasteiger partial charge in [0.05, 0.1) is 11.7 Å². The van der Waals surface area contributed by atoms with E-state index in [4.69, 9.17) is 4.74 Å². The van der Waals surface area contributed by atoms with Crippen LogP contribution in [0.4, 0.5) is 13.2 Å². The van der Waals surface area contributed by atoms with Crippen LogP contribution in [-0.2, 0) is 22.1 Å². The summed E-state index contributed by atoms with van der Waals surface area (Å²) in [4.78, 5) is 12.2. The molecule has 6 heteroatoms. The van der Waals surface area contributed by atoms with Gasteiger partial charge in [0.1, 0.15) is 6.10 Å². The highest BCUT2D eigenvalue weighted by Crippen LogP contribution is 2.31. The second kappa shape index (κ2) is 10.1. The molecule has 2 aliphatic rings. The summed E-state index contributed by atoms with van der Waals surface area (Å²) in [6, 6.07) is 5.25. The minimum absolute atomic E-state index is 0.122. The van der Waals surface area contributed by atoms with Crippen molar-refractivity contribution in [1.82, 2.24) is 0 Å². The molecule has 1 aliphatic heterocycles. The average molecular weight is 420 g/mol. The fraction of sp³-hybridized carbons (Fsp3) is 0.458. The van der Waals surface area contributed by atoms with Gasteiger partial charge in [-0.1, -0.05) is 48.6 Å². The van der Waals surface area contributed by atoms with Gasteiger partial charge in [-0.3, -0.25) is 4.79 Å². The van der Waals surface area contributed by atoms with Gasteiger partial charge in [0.2, 0.25) is 0 Å². The largest absolute Gasteiger partial charge is 0.462 e. The van der Waals surface area contributed by atoms with Crippen LogP contribution in [0.15, 0.2) is 60.2 Å². The SMILES string of the molecule is O=C1CCC/C=C\C[C@H]2C=CC(O)/C2=C/C[C@H](CCc2cccc(C(F)(F)F)c2)O1. The fourth-order valence-electron chi connectivity index (χ4n) is 3.86. The van der Waals surface area contributed by atoms with Crippen molar-refractivity contribution in [2.45, 2.75) is 63.3 Å². The van der Waals surface area contributed by atoms with Gasteiger partial charge in [-0.2, -0.15) is 13.2 Å². The number of aliphatic hydroxyl groups is 1. The molecule has 30 heavy (non-hydrogen) atoms. The Balaban J connectivity index is 1.72. The fourth-order valence-corrected chi connectivity index (χ4v) is 3.86. The molecule has 0 amide bonds. The molecule has 1 aromatic carbocycles. The first kappa shape index (κ1) is 22.3. The highest BCUT2D eigenvalue weighted by molar-refractivity contribution is 5.69. The molecule has 3 atom stereocenters. The number of hydrogen-bond acceptors (Lipinski definition) is 3. The van der Waals surface area contributed by atoms with Crippen molar-refractivity contribution >= 4 is 5.97 Å². The third-order valence-corrected chi connectivity index (χ3v) is 5.53. The number of esters is 1. The van der Waals surface area contributed by atoms with E-state index in [1.807, 2.05) is 18.2 Å².